The number of ketones is 1. The number of hydrogen-bond donors (Lipinski definition) is 0. The molecular formula is C15H13NO4. The van der Waals surface area contributed by atoms with Gasteiger partial charge in [0.2, 0.25) is 0 Å². The second-order valence-electron chi connectivity index (χ2n) is 3.94. The molecule has 2 aromatic rings. The van der Waals surface area contributed by atoms with Crippen LogP contribution in [0.25, 0.3) is 0 Å². The highest BCUT2D eigenvalue weighted by Gasteiger charge is 2.12. The number of Topliss-reactive ketones (excluding diaryl/α,β-unsaturated/α-hetero) is 1. The number of ether oxygens (including phenoxy) is 2. The van der Waals surface area contributed by atoms with E-state index in [1.165, 1.54) is 12.3 Å². The average Bonchev–Trinajstić information content (AvgIpc) is 2.53. The molecule has 2 rings (SSSR count). The molecule has 0 fully saturated rings. The zero-order chi connectivity index (χ0) is 14.4. The second-order valence-corrected chi connectivity index (χ2v) is 3.94. The van der Waals surface area contributed by atoms with Crippen LogP contribution in [0.2, 0.25) is 0 Å². The first kappa shape index (κ1) is 13.7. The van der Waals surface area contributed by atoms with Gasteiger partial charge in [0.05, 0.1) is 7.11 Å². The molecule has 0 aliphatic heterocycles. The average molecular weight is 271 g/mol. The van der Waals surface area contributed by atoms with Gasteiger partial charge in [0.25, 0.3) is 0 Å². The molecule has 0 bridgehead atoms. The van der Waals surface area contributed by atoms with Crippen molar-refractivity contribution in [1.82, 2.24) is 4.98 Å². The van der Waals surface area contributed by atoms with E-state index in [4.69, 9.17) is 9.47 Å². The first-order chi connectivity index (χ1) is 9.70. The van der Waals surface area contributed by atoms with Gasteiger partial charge in [0.1, 0.15) is 11.4 Å². The number of pyridine rings is 1. The molecule has 1 aromatic heterocycles. The molecule has 0 atom stereocenters. The largest absolute Gasteiger partial charge is 0.497 e. The minimum absolute atomic E-state index is 0.176. The third kappa shape index (κ3) is 3.41. The lowest BCUT2D eigenvalue weighted by molar-refractivity contribution is 0.0469. The van der Waals surface area contributed by atoms with Crippen LogP contribution in [0, 0.1) is 0 Å². The molecule has 5 heteroatoms. The normalized spacial score (nSPS) is 9.85. The number of rotatable bonds is 5. The first-order valence-corrected chi connectivity index (χ1v) is 5.96. The summed E-state index contributed by atoms with van der Waals surface area (Å²) in [7, 11) is 1.55. The van der Waals surface area contributed by atoms with Gasteiger partial charge in [-0.3, -0.25) is 4.79 Å². The summed E-state index contributed by atoms with van der Waals surface area (Å²) in [6, 6.07) is 11.5. The van der Waals surface area contributed by atoms with Crippen LogP contribution in [0.5, 0.6) is 5.75 Å². The Morgan fingerprint density at radius 2 is 1.85 bits per heavy atom. The molecule has 0 unspecified atom stereocenters. The fourth-order valence-electron chi connectivity index (χ4n) is 1.55. The van der Waals surface area contributed by atoms with Crippen molar-refractivity contribution < 1.29 is 19.1 Å². The fourth-order valence-corrected chi connectivity index (χ4v) is 1.55. The molecule has 0 aliphatic rings. The van der Waals surface area contributed by atoms with Crippen molar-refractivity contribution >= 4 is 11.8 Å². The van der Waals surface area contributed by atoms with Crippen molar-refractivity contribution in [3.63, 3.8) is 0 Å². The van der Waals surface area contributed by atoms with Gasteiger partial charge in [-0.05, 0) is 36.4 Å². The number of aromatic nitrogens is 1. The standard InChI is InChI=1S/C15H13NO4/c1-19-12-7-5-11(6-8-12)14(17)10-20-15(18)13-4-2-3-9-16-13/h2-9H,10H2,1H3. The Balaban J connectivity index is 1.93. The summed E-state index contributed by atoms with van der Waals surface area (Å²) in [4.78, 5) is 27.3. The number of carbonyl (C=O) groups excluding carboxylic acids is 2. The first-order valence-electron chi connectivity index (χ1n) is 5.96. The van der Waals surface area contributed by atoms with Gasteiger partial charge in [0, 0.05) is 11.8 Å². The summed E-state index contributed by atoms with van der Waals surface area (Å²) in [6.07, 6.45) is 1.49. The lowest BCUT2D eigenvalue weighted by Crippen LogP contribution is -2.15. The van der Waals surface area contributed by atoms with Gasteiger partial charge in [-0.2, -0.15) is 0 Å². The van der Waals surface area contributed by atoms with E-state index in [1.807, 2.05) is 0 Å². The van der Waals surface area contributed by atoms with Crippen molar-refractivity contribution in [2.45, 2.75) is 0 Å². The molecular weight excluding hydrogens is 258 g/mol. The van der Waals surface area contributed by atoms with Crippen LogP contribution in [0.3, 0.4) is 0 Å². The Hall–Kier alpha value is -2.69. The predicted molar refractivity (Wildman–Crippen MR) is 71.8 cm³/mol. The Kier molecular flexibility index (Phi) is 4.44. The van der Waals surface area contributed by atoms with Crippen LogP contribution < -0.4 is 4.74 Å². The Morgan fingerprint density at radius 3 is 2.45 bits per heavy atom. The molecule has 0 amide bonds. The van der Waals surface area contributed by atoms with Crippen LogP contribution in [0.1, 0.15) is 20.8 Å². The number of nitrogens with zero attached hydrogens (tertiary/aromatic N) is 1. The van der Waals surface area contributed by atoms with E-state index in [0.717, 1.165) is 0 Å². The molecule has 102 valence electrons. The van der Waals surface area contributed by atoms with E-state index in [1.54, 1.807) is 43.5 Å². The van der Waals surface area contributed by atoms with Crippen LogP contribution in [0.4, 0.5) is 0 Å². The molecule has 0 aliphatic carbocycles. The SMILES string of the molecule is COc1ccc(C(=O)COC(=O)c2ccccn2)cc1. The molecule has 0 saturated heterocycles. The number of hydrogen-bond acceptors (Lipinski definition) is 5. The minimum atomic E-state index is -0.618. The predicted octanol–water partition coefficient (Wildman–Crippen LogP) is 2.13. The van der Waals surface area contributed by atoms with E-state index in [9.17, 15) is 9.59 Å². The molecule has 1 heterocycles. The Bertz CT molecular complexity index is 593. The highest BCUT2D eigenvalue weighted by Crippen LogP contribution is 2.12. The van der Waals surface area contributed by atoms with Gasteiger partial charge in [-0.25, -0.2) is 9.78 Å². The third-order valence-corrected chi connectivity index (χ3v) is 2.62. The van der Waals surface area contributed by atoms with Crippen molar-refractivity contribution in [1.29, 1.82) is 0 Å². The van der Waals surface area contributed by atoms with E-state index < -0.39 is 5.97 Å². The summed E-state index contributed by atoms with van der Waals surface area (Å²) in [5.41, 5.74) is 0.634. The van der Waals surface area contributed by atoms with Crippen molar-refractivity contribution in [3.05, 3.63) is 59.9 Å². The quantitative estimate of drug-likeness (QED) is 0.615. The molecule has 0 saturated carbocycles. The van der Waals surface area contributed by atoms with Crippen molar-refractivity contribution in [2.24, 2.45) is 0 Å². The summed E-state index contributed by atoms with van der Waals surface area (Å²) in [5, 5.41) is 0. The maximum Gasteiger partial charge on any atom is 0.357 e. The maximum atomic E-state index is 11.8. The minimum Gasteiger partial charge on any atom is -0.497 e. The lowest BCUT2D eigenvalue weighted by Gasteiger charge is -2.04. The van der Waals surface area contributed by atoms with Crippen LogP contribution in [0.15, 0.2) is 48.7 Å². The van der Waals surface area contributed by atoms with Crippen LogP contribution in [-0.2, 0) is 4.74 Å². The summed E-state index contributed by atoms with van der Waals surface area (Å²) < 4.78 is 9.92. The van der Waals surface area contributed by atoms with Gasteiger partial charge < -0.3 is 9.47 Å². The molecule has 20 heavy (non-hydrogen) atoms. The summed E-state index contributed by atoms with van der Waals surface area (Å²) >= 11 is 0. The maximum absolute atomic E-state index is 11.8. The topological polar surface area (TPSA) is 65.5 Å². The molecule has 5 nitrogen and oxygen atoms in total. The smallest absolute Gasteiger partial charge is 0.357 e. The van der Waals surface area contributed by atoms with Gasteiger partial charge in [0.15, 0.2) is 12.4 Å². The van der Waals surface area contributed by atoms with Crippen molar-refractivity contribution in [3.8, 4) is 5.75 Å². The fraction of sp³-hybridized carbons (Fsp3) is 0.133. The molecule has 0 radical (unpaired) electrons. The van der Waals surface area contributed by atoms with Gasteiger partial charge in [-0.15, -0.1) is 0 Å². The Morgan fingerprint density at radius 1 is 1.10 bits per heavy atom. The zero-order valence-electron chi connectivity index (χ0n) is 10.9. The Labute approximate surface area is 116 Å². The van der Waals surface area contributed by atoms with Crippen LogP contribution in [-0.4, -0.2) is 30.5 Å². The number of carbonyl (C=O) groups is 2. The third-order valence-electron chi connectivity index (χ3n) is 2.62. The highest BCUT2D eigenvalue weighted by molar-refractivity contribution is 5.99. The van der Waals surface area contributed by atoms with E-state index in [-0.39, 0.29) is 18.1 Å². The van der Waals surface area contributed by atoms with Crippen LogP contribution >= 0.6 is 0 Å². The van der Waals surface area contributed by atoms with E-state index in [2.05, 4.69) is 4.98 Å². The summed E-state index contributed by atoms with van der Waals surface area (Å²) in [5.74, 6) is -0.239. The van der Waals surface area contributed by atoms with E-state index >= 15 is 0 Å². The number of benzene rings is 1. The molecule has 0 N–H and O–H groups in total. The number of methoxy groups -OCH3 is 1. The lowest BCUT2D eigenvalue weighted by atomic mass is 10.1. The monoisotopic (exact) mass is 271 g/mol. The zero-order valence-corrected chi connectivity index (χ0v) is 10.9. The second kappa shape index (κ2) is 6.47. The summed E-state index contributed by atoms with van der Waals surface area (Å²) in [6.45, 7) is -0.318. The van der Waals surface area contributed by atoms with Gasteiger partial charge >= 0.3 is 5.97 Å². The van der Waals surface area contributed by atoms with Crippen molar-refractivity contribution in [2.75, 3.05) is 13.7 Å². The molecule has 1 aromatic carbocycles. The van der Waals surface area contributed by atoms with Gasteiger partial charge in [-0.1, -0.05) is 6.07 Å². The number of esters is 1. The van der Waals surface area contributed by atoms with E-state index in [0.29, 0.717) is 11.3 Å². The highest BCUT2D eigenvalue weighted by atomic mass is 16.5. The molecule has 0 spiro atoms.